The Morgan fingerprint density at radius 1 is 1.71 bits per heavy atom. The van der Waals surface area contributed by atoms with E-state index in [4.69, 9.17) is 27.8 Å². The first kappa shape index (κ1) is 12.3. The second-order valence-electron chi connectivity index (χ2n) is 3.75. The molecule has 3 atom stereocenters. The molecule has 1 unspecified atom stereocenters. The van der Waals surface area contributed by atoms with Gasteiger partial charge >= 0.3 is 0 Å². The van der Waals surface area contributed by atoms with E-state index in [0.29, 0.717) is 0 Å². The van der Waals surface area contributed by atoms with Gasteiger partial charge in [0.05, 0.1) is 12.7 Å². The van der Waals surface area contributed by atoms with Crippen molar-refractivity contribution in [2.75, 3.05) is 12.3 Å². The van der Waals surface area contributed by atoms with Crippen LogP contribution in [0.3, 0.4) is 0 Å². The lowest BCUT2D eigenvalue weighted by molar-refractivity contribution is -0.0387. The van der Waals surface area contributed by atoms with Crippen LogP contribution in [-0.2, 0) is 4.74 Å². The van der Waals surface area contributed by atoms with Gasteiger partial charge in [-0.25, -0.2) is 8.78 Å². The molecule has 0 saturated carbocycles. The number of rotatable bonds is 2. The summed E-state index contributed by atoms with van der Waals surface area (Å²) < 4.78 is 33.1. The predicted octanol–water partition coefficient (Wildman–Crippen LogP) is 0.952. The molecule has 1 aliphatic rings. The summed E-state index contributed by atoms with van der Waals surface area (Å²) in [5, 5.41) is 8.88. The second kappa shape index (κ2) is 4.63. The van der Waals surface area contributed by atoms with E-state index in [0.717, 1.165) is 10.8 Å². The van der Waals surface area contributed by atoms with E-state index in [2.05, 4.69) is 4.98 Å². The number of nitrogens with two attached hydrogens (primary N) is 1. The molecule has 1 saturated heterocycles. The quantitative estimate of drug-likeness (QED) is 0.777. The molecule has 5 nitrogen and oxygen atoms in total. The van der Waals surface area contributed by atoms with Gasteiger partial charge < -0.3 is 15.6 Å². The zero-order valence-corrected chi connectivity index (χ0v) is 9.53. The van der Waals surface area contributed by atoms with E-state index in [9.17, 15) is 8.78 Å². The highest BCUT2D eigenvalue weighted by atomic mass is 32.1. The molecule has 1 fully saturated rings. The number of aromatic nitrogens is 2. The SMILES string of the molecule is Nc1nc(=S)n([C@@H]2O[C@H](CO)CC2F)cc1F. The molecule has 2 rings (SSSR count). The number of ether oxygens (including phenoxy) is 1. The van der Waals surface area contributed by atoms with Crippen LogP contribution in [0, 0.1) is 10.6 Å². The van der Waals surface area contributed by atoms with Crippen LogP contribution in [0.15, 0.2) is 6.20 Å². The van der Waals surface area contributed by atoms with Gasteiger partial charge in [0.1, 0.15) is 6.17 Å². The normalized spacial score (nSPS) is 28.5. The van der Waals surface area contributed by atoms with Crippen LogP contribution in [0.4, 0.5) is 14.6 Å². The van der Waals surface area contributed by atoms with E-state index in [1.807, 2.05) is 0 Å². The average Bonchev–Trinajstić information content (AvgIpc) is 2.65. The largest absolute Gasteiger partial charge is 0.394 e. The molecule has 0 bridgehead atoms. The monoisotopic (exact) mass is 263 g/mol. The minimum Gasteiger partial charge on any atom is -0.394 e. The first-order valence-corrected chi connectivity index (χ1v) is 5.38. The first-order chi connectivity index (χ1) is 8.02. The fraction of sp³-hybridized carbons (Fsp3) is 0.556. The molecule has 0 aromatic carbocycles. The van der Waals surface area contributed by atoms with Crippen molar-refractivity contribution < 1.29 is 18.6 Å². The molecule has 1 aromatic heterocycles. The summed E-state index contributed by atoms with van der Waals surface area (Å²) in [5.41, 5.74) is 5.24. The highest BCUT2D eigenvalue weighted by molar-refractivity contribution is 7.71. The van der Waals surface area contributed by atoms with Crippen LogP contribution >= 0.6 is 12.2 Å². The van der Waals surface area contributed by atoms with Gasteiger partial charge in [0.2, 0.25) is 4.77 Å². The molecule has 8 heteroatoms. The summed E-state index contributed by atoms with van der Waals surface area (Å²) in [6.45, 7) is -0.297. The van der Waals surface area contributed by atoms with Gasteiger partial charge in [-0.15, -0.1) is 0 Å². The summed E-state index contributed by atoms with van der Waals surface area (Å²) >= 11 is 4.86. The Hall–Kier alpha value is -1.12. The van der Waals surface area contributed by atoms with Gasteiger partial charge in [-0.05, 0) is 12.2 Å². The Bertz CT molecular complexity index is 482. The number of hydrogen-bond acceptors (Lipinski definition) is 5. The maximum absolute atomic E-state index is 13.6. The standard InChI is InChI=1S/C9H11F2N3O2S/c10-5-1-4(3-15)16-8(5)14-2-6(11)7(12)13-9(14)17/h2,4-5,8,15H,1,3H2,(H2,12,13,17)/t4-,5?,8+/m0/s1. The topological polar surface area (TPSA) is 73.3 Å². The molecule has 0 spiro atoms. The van der Waals surface area contributed by atoms with Gasteiger partial charge in [-0.3, -0.25) is 4.57 Å². The zero-order valence-electron chi connectivity index (χ0n) is 8.72. The summed E-state index contributed by atoms with van der Waals surface area (Å²) in [4.78, 5) is 3.57. The Kier molecular flexibility index (Phi) is 3.36. The summed E-state index contributed by atoms with van der Waals surface area (Å²) in [6, 6.07) is 0. The number of anilines is 1. The Balaban J connectivity index is 2.35. The lowest BCUT2D eigenvalue weighted by atomic mass is 10.2. The van der Waals surface area contributed by atoms with Crippen LogP contribution in [-0.4, -0.2) is 33.5 Å². The Morgan fingerprint density at radius 3 is 3.00 bits per heavy atom. The number of aliphatic hydroxyl groups is 1. The molecule has 0 amide bonds. The maximum Gasteiger partial charge on any atom is 0.203 e. The fourth-order valence-electron chi connectivity index (χ4n) is 1.70. The Morgan fingerprint density at radius 2 is 2.41 bits per heavy atom. The van der Waals surface area contributed by atoms with Crippen molar-refractivity contribution in [3.63, 3.8) is 0 Å². The molecule has 94 valence electrons. The third-order valence-corrected chi connectivity index (χ3v) is 2.84. The van der Waals surface area contributed by atoms with Crippen molar-refractivity contribution in [2.24, 2.45) is 0 Å². The van der Waals surface area contributed by atoms with Gasteiger partial charge in [-0.2, -0.15) is 4.98 Å². The van der Waals surface area contributed by atoms with Crippen molar-refractivity contribution >= 4 is 18.0 Å². The van der Waals surface area contributed by atoms with E-state index < -0.39 is 24.3 Å². The van der Waals surface area contributed by atoms with Crippen molar-refractivity contribution in [3.8, 4) is 0 Å². The van der Waals surface area contributed by atoms with Crippen LogP contribution in [0.2, 0.25) is 0 Å². The van der Waals surface area contributed by atoms with Gasteiger partial charge in [0.15, 0.2) is 17.9 Å². The third kappa shape index (κ3) is 2.28. The lowest BCUT2D eigenvalue weighted by Gasteiger charge is -2.17. The van der Waals surface area contributed by atoms with Crippen molar-refractivity contribution in [3.05, 3.63) is 16.8 Å². The molecule has 1 aliphatic heterocycles. The number of hydrogen-bond donors (Lipinski definition) is 2. The van der Waals surface area contributed by atoms with E-state index in [1.54, 1.807) is 0 Å². The van der Waals surface area contributed by atoms with Gasteiger partial charge in [0.25, 0.3) is 0 Å². The smallest absolute Gasteiger partial charge is 0.203 e. The highest BCUT2D eigenvalue weighted by Crippen LogP contribution is 2.31. The molecule has 2 heterocycles. The molecule has 17 heavy (non-hydrogen) atoms. The minimum atomic E-state index is -1.37. The van der Waals surface area contributed by atoms with Crippen molar-refractivity contribution in [1.29, 1.82) is 0 Å². The molecule has 0 radical (unpaired) electrons. The minimum absolute atomic E-state index is 0.0366. The van der Waals surface area contributed by atoms with E-state index in [1.165, 1.54) is 0 Å². The van der Waals surface area contributed by atoms with Crippen LogP contribution in [0.5, 0.6) is 0 Å². The van der Waals surface area contributed by atoms with Crippen LogP contribution in [0.25, 0.3) is 0 Å². The predicted molar refractivity (Wildman–Crippen MR) is 57.9 cm³/mol. The molecular weight excluding hydrogens is 252 g/mol. The molecular formula is C9H11F2N3O2S. The number of nitrogens with zero attached hydrogens (tertiary/aromatic N) is 2. The molecule has 1 aromatic rings. The van der Waals surface area contributed by atoms with Crippen LogP contribution < -0.4 is 5.73 Å². The van der Waals surface area contributed by atoms with Gasteiger partial charge in [-0.1, -0.05) is 0 Å². The summed E-state index contributed by atoms with van der Waals surface area (Å²) in [7, 11) is 0. The van der Waals surface area contributed by atoms with Crippen molar-refractivity contribution in [1.82, 2.24) is 9.55 Å². The van der Waals surface area contributed by atoms with Gasteiger partial charge in [0, 0.05) is 12.6 Å². The summed E-state index contributed by atoms with van der Waals surface area (Å²) in [6.07, 6.45) is -2.06. The Labute approximate surface area is 101 Å². The van der Waals surface area contributed by atoms with E-state index >= 15 is 0 Å². The number of nitrogen functional groups attached to an aromatic ring is 1. The fourth-order valence-corrected chi connectivity index (χ4v) is 1.96. The summed E-state index contributed by atoms with van der Waals surface area (Å²) in [5.74, 6) is -1.12. The maximum atomic E-state index is 13.6. The van der Waals surface area contributed by atoms with Crippen molar-refractivity contribution in [2.45, 2.75) is 24.9 Å². The average molecular weight is 263 g/mol. The zero-order chi connectivity index (χ0) is 12.6. The first-order valence-electron chi connectivity index (χ1n) is 4.97. The lowest BCUT2D eigenvalue weighted by Crippen LogP contribution is -2.20. The third-order valence-electron chi connectivity index (χ3n) is 2.54. The highest BCUT2D eigenvalue weighted by Gasteiger charge is 2.36. The molecule has 3 N–H and O–H groups in total. The number of halogens is 2. The number of aliphatic hydroxyl groups excluding tert-OH is 1. The van der Waals surface area contributed by atoms with E-state index in [-0.39, 0.29) is 23.6 Å². The molecule has 0 aliphatic carbocycles. The second-order valence-corrected chi connectivity index (χ2v) is 4.11. The number of alkyl halides is 1. The van der Waals surface area contributed by atoms with Crippen LogP contribution in [0.1, 0.15) is 12.6 Å².